The van der Waals surface area contributed by atoms with E-state index in [1.807, 2.05) is 12.3 Å². The normalized spacial score (nSPS) is 10.5. The quantitative estimate of drug-likeness (QED) is 0.662. The Bertz CT molecular complexity index is 650. The Morgan fingerprint density at radius 3 is 2.17 bits per heavy atom. The highest BCUT2D eigenvalue weighted by Gasteiger charge is 2.02. The van der Waals surface area contributed by atoms with Crippen molar-refractivity contribution in [3.05, 3.63) is 72.4 Å². The Hall–Kier alpha value is -2.28. The molecule has 1 aromatic heterocycles. The maximum absolute atomic E-state index is 3.30. The average molecular weight is 233 g/mol. The van der Waals surface area contributed by atoms with Gasteiger partial charge in [0.1, 0.15) is 0 Å². The summed E-state index contributed by atoms with van der Waals surface area (Å²) >= 11 is 0. The predicted octanol–water partition coefficient (Wildman–Crippen LogP) is 4.66. The van der Waals surface area contributed by atoms with E-state index in [2.05, 4.69) is 66.5 Å². The molecule has 88 valence electrons. The lowest BCUT2D eigenvalue weighted by Crippen LogP contribution is -1.80. The van der Waals surface area contributed by atoms with Crippen LogP contribution in [0.5, 0.6) is 0 Å². The number of aromatic amines is 1. The van der Waals surface area contributed by atoms with E-state index in [9.17, 15) is 0 Å². The van der Waals surface area contributed by atoms with E-state index in [4.69, 9.17) is 0 Å². The van der Waals surface area contributed by atoms with Gasteiger partial charge in [-0.15, -0.1) is 0 Å². The molecule has 0 unspecified atom stereocenters. The Kier molecular flexibility index (Phi) is 2.73. The standard InChI is InChI=1S/C17H15N/c1-13-10-17(18-12-13)16-9-5-8-15(11-16)14-6-3-2-4-7-14/h2-12,18H,1H3. The first-order chi connectivity index (χ1) is 8.83. The van der Waals surface area contributed by atoms with E-state index in [0.717, 1.165) is 0 Å². The highest BCUT2D eigenvalue weighted by atomic mass is 14.7. The van der Waals surface area contributed by atoms with Crippen LogP contribution in [0.1, 0.15) is 5.56 Å². The number of benzene rings is 2. The van der Waals surface area contributed by atoms with Crippen LogP contribution in [0.3, 0.4) is 0 Å². The van der Waals surface area contributed by atoms with E-state index < -0.39 is 0 Å². The molecule has 0 saturated heterocycles. The van der Waals surface area contributed by atoms with E-state index in [1.165, 1.54) is 27.9 Å². The van der Waals surface area contributed by atoms with Crippen molar-refractivity contribution in [1.29, 1.82) is 0 Å². The van der Waals surface area contributed by atoms with Gasteiger partial charge in [0.05, 0.1) is 0 Å². The van der Waals surface area contributed by atoms with E-state index in [1.54, 1.807) is 0 Å². The molecular formula is C17H15N. The minimum Gasteiger partial charge on any atom is -0.361 e. The zero-order valence-electron chi connectivity index (χ0n) is 10.4. The summed E-state index contributed by atoms with van der Waals surface area (Å²) in [5.41, 5.74) is 6.16. The Morgan fingerprint density at radius 2 is 1.44 bits per heavy atom. The van der Waals surface area contributed by atoms with Crippen molar-refractivity contribution in [2.24, 2.45) is 0 Å². The molecule has 0 aliphatic heterocycles. The van der Waals surface area contributed by atoms with Gasteiger partial charge >= 0.3 is 0 Å². The van der Waals surface area contributed by atoms with Gasteiger partial charge < -0.3 is 4.98 Å². The predicted molar refractivity (Wildman–Crippen MR) is 76.4 cm³/mol. The lowest BCUT2D eigenvalue weighted by Gasteiger charge is -2.04. The minimum atomic E-state index is 1.17. The molecule has 1 N–H and O–H groups in total. The molecular weight excluding hydrogens is 218 g/mol. The highest BCUT2D eigenvalue weighted by Crippen LogP contribution is 2.25. The highest BCUT2D eigenvalue weighted by molar-refractivity contribution is 5.71. The fourth-order valence-corrected chi connectivity index (χ4v) is 2.17. The van der Waals surface area contributed by atoms with Crippen LogP contribution in [0, 0.1) is 6.92 Å². The number of aryl methyl sites for hydroxylation is 1. The van der Waals surface area contributed by atoms with Crippen molar-refractivity contribution in [2.75, 3.05) is 0 Å². The SMILES string of the molecule is Cc1c[nH]c(-c2cccc(-c3ccccc3)c2)c1. The first-order valence-electron chi connectivity index (χ1n) is 6.14. The molecule has 3 aromatic rings. The Balaban J connectivity index is 2.05. The number of nitrogens with one attached hydrogen (secondary N) is 1. The van der Waals surface area contributed by atoms with Crippen molar-refractivity contribution in [2.45, 2.75) is 6.92 Å². The summed E-state index contributed by atoms with van der Waals surface area (Å²) in [5.74, 6) is 0. The van der Waals surface area contributed by atoms with E-state index in [0.29, 0.717) is 0 Å². The van der Waals surface area contributed by atoms with Crippen LogP contribution in [-0.4, -0.2) is 4.98 Å². The summed E-state index contributed by atoms with van der Waals surface area (Å²) in [6, 6.07) is 21.2. The van der Waals surface area contributed by atoms with Gasteiger partial charge in [0.15, 0.2) is 0 Å². The van der Waals surface area contributed by atoms with Gasteiger partial charge in [0.2, 0.25) is 0 Å². The summed E-state index contributed by atoms with van der Waals surface area (Å²) in [6.07, 6.45) is 2.03. The Labute approximate surface area is 107 Å². The molecule has 2 aromatic carbocycles. The molecule has 0 saturated carbocycles. The fourth-order valence-electron chi connectivity index (χ4n) is 2.17. The fraction of sp³-hybridized carbons (Fsp3) is 0.0588. The molecule has 1 heteroatoms. The molecule has 3 rings (SSSR count). The first-order valence-corrected chi connectivity index (χ1v) is 6.14. The van der Waals surface area contributed by atoms with Crippen molar-refractivity contribution in [3.8, 4) is 22.4 Å². The number of aromatic nitrogens is 1. The number of hydrogen-bond acceptors (Lipinski definition) is 0. The van der Waals surface area contributed by atoms with Crippen LogP contribution in [0.2, 0.25) is 0 Å². The molecule has 0 bridgehead atoms. The molecule has 0 spiro atoms. The summed E-state index contributed by atoms with van der Waals surface area (Å²) < 4.78 is 0. The zero-order valence-corrected chi connectivity index (χ0v) is 10.4. The third-order valence-corrected chi connectivity index (χ3v) is 3.11. The maximum atomic E-state index is 3.30. The molecule has 0 fully saturated rings. The van der Waals surface area contributed by atoms with Gasteiger partial charge in [0, 0.05) is 11.9 Å². The van der Waals surface area contributed by atoms with Gasteiger partial charge in [-0.1, -0.05) is 48.5 Å². The zero-order chi connectivity index (χ0) is 12.4. The monoisotopic (exact) mass is 233 g/mol. The van der Waals surface area contributed by atoms with Crippen molar-refractivity contribution in [1.82, 2.24) is 4.98 Å². The number of H-pyrrole nitrogens is 1. The van der Waals surface area contributed by atoms with E-state index in [-0.39, 0.29) is 0 Å². The van der Waals surface area contributed by atoms with Gasteiger partial charge in [-0.25, -0.2) is 0 Å². The molecule has 1 heterocycles. The second-order valence-corrected chi connectivity index (χ2v) is 4.54. The van der Waals surface area contributed by atoms with Crippen LogP contribution < -0.4 is 0 Å². The average Bonchev–Trinajstić information content (AvgIpc) is 2.87. The topological polar surface area (TPSA) is 15.8 Å². The lowest BCUT2D eigenvalue weighted by molar-refractivity contribution is 1.38. The van der Waals surface area contributed by atoms with Crippen LogP contribution in [0.4, 0.5) is 0 Å². The van der Waals surface area contributed by atoms with Gasteiger partial charge in [0.25, 0.3) is 0 Å². The summed E-state index contributed by atoms with van der Waals surface area (Å²) in [7, 11) is 0. The van der Waals surface area contributed by atoms with Gasteiger partial charge in [-0.3, -0.25) is 0 Å². The molecule has 0 aliphatic carbocycles. The largest absolute Gasteiger partial charge is 0.361 e. The molecule has 0 aliphatic rings. The molecule has 1 nitrogen and oxygen atoms in total. The first kappa shape index (κ1) is 10.8. The van der Waals surface area contributed by atoms with Crippen molar-refractivity contribution < 1.29 is 0 Å². The van der Waals surface area contributed by atoms with Crippen LogP contribution in [0.15, 0.2) is 66.9 Å². The van der Waals surface area contributed by atoms with Crippen LogP contribution in [0.25, 0.3) is 22.4 Å². The van der Waals surface area contributed by atoms with Gasteiger partial charge in [-0.2, -0.15) is 0 Å². The van der Waals surface area contributed by atoms with Gasteiger partial charge in [-0.05, 0) is 41.3 Å². The number of rotatable bonds is 2. The molecule has 18 heavy (non-hydrogen) atoms. The summed E-state index contributed by atoms with van der Waals surface area (Å²) in [5, 5.41) is 0. The minimum absolute atomic E-state index is 1.17. The van der Waals surface area contributed by atoms with Crippen LogP contribution in [-0.2, 0) is 0 Å². The van der Waals surface area contributed by atoms with E-state index >= 15 is 0 Å². The number of hydrogen-bond donors (Lipinski definition) is 1. The maximum Gasteiger partial charge on any atom is 0.0456 e. The second-order valence-electron chi connectivity index (χ2n) is 4.54. The third-order valence-electron chi connectivity index (χ3n) is 3.11. The van der Waals surface area contributed by atoms with Crippen LogP contribution >= 0.6 is 0 Å². The van der Waals surface area contributed by atoms with Crippen molar-refractivity contribution in [3.63, 3.8) is 0 Å². The molecule has 0 amide bonds. The molecule has 0 radical (unpaired) electrons. The smallest absolute Gasteiger partial charge is 0.0456 e. The lowest BCUT2D eigenvalue weighted by atomic mass is 10.0. The Morgan fingerprint density at radius 1 is 0.722 bits per heavy atom. The summed E-state index contributed by atoms with van der Waals surface area (Å²) in [6.45, 7) is 2.10. The molecule has 0 atom stereocenters. The van der Waals surface area contributed by atoms with Crippen molar-refractivity contribution >= 4 is 0 Å². The second kappa shape index (κ2) is 4.53. The third kappa shape index (κ3) is 2.07. The summed E-state index contributed by atoms with van der Waals surface area (Å²) in [4.78, 5) is 3.30.